The molecule has 0 saturated heterocycles. The van der Waals surface area contributed by atoms with Crippen LogP contribution in [0.25, 0.3) is 0 Å². The van der Waals surface area contributed by atoms with Gasteiger partial charge < -0.3 is 9.72 Å². The van der Waals surface area contributed by atoms with E-state index < -0.39 is 64.5 Å². The van der Waals surface area contributed by atoms with E-state index in [9.17, 15) is 41.2 Å². The van der Waals surface area contributed by atoms with Crippen LogP contribution in [-0.4, -0.2) is 46.0 Å². The average molecular weight is 567 g/mol. The second kappa shape index (κ2) is 12.0. The van der Waals surface area contributed by atoms with E-state index in [0.717, 1.165) is 0 Å². The van der Waals surface area contributed by atoms with Gasteiger partial charge in [-0.3, -0.25) is 19.4 Å². The number of rotatable bonds is 10. The molecule has 1 amide bonds. The lowest BCUT2D eigenvalue weighted by atomic mass is 10.2. The van der Waals surface area contributed by atoms with Crippen molar-refractivity contribution in [3.05, 3.63) is 87.2 Å². The Hall–Kier alpha value is -4.39. The van der Waals surface area contributed by atoms with Crippen molar-refractivity contribution in [1.82, 2.24) is 19.3 Å². The molecule has 1 atom stereocenters. The summed E-state index contributed by atoms with van der Waals surface area (Å²) in [6.45, 7) is -1.52. The number of sulfonamides is 1. The number of terminal acetylenes is 1. The summed E-state index contributed by atoms with van der Waals surface area (Å²) < 4.78 is 72.5. The van der Waals surface area contributed by atoms with Crippen LogP contribution in [0, 0.1) is 12.3 Å². The maximum atomic E-state index is 13.4. The molecule has 11 nitrogen and oxygen atoms in total. The maximum absolute atomic E-state index is 13.4. The van der Waals surface area contributed by atoms with Gasteiger partial charge in [-0.1, -0.05) is 24.1 Å². The lowest BCUT2D eigenvalue weighted by molar-refractivity contribution is -0.139. The van der Waals surface area contributed by atoms with Gasteiger partial charge in [0.15, 0.2) is 0 Å². The summed E-state index contributed by atoms with van der Waals surface area (Å²) >= 11 is 0. The third-order valence-corrected chi connectivity index (χ3v) is 7.28. The van der Waals surface area contributed by atoms with Crippen molar-refractivity contribution in [2.24, 2.45) is 0 Å². The van der Waals surface area contributed by atoms with Gasteiger partial charge in [-0.25, -0.2) is 18.7 Å². The van der Waals surface area contributed by atoms with Crippen LogP contribution in [0.5, 0.6) is 11.5 Å². The molecule has 15 heteroatoms. The van der Waals surface area contributed by atoms with Gasteiger partial charge in [0.05, 0.1) is 11.4 Å². The fraction of sp³-hybridized carbons (Fsp3) is 0.208. The Balaban J connectivity index is 1.93. The van der Waals surface area contributed by atoms with Crippen LogP contribution in [0.15, 0.2) is 75.3 Å². The lowest BCUT2D eigenvalue weighted by Crippen LogP contribution is -2.50. The molecule has 0 radical (unpaired) electrons. The van der Waals surface area contributed by atoms with Crippen LogP contribution in [-0.2, 0) is 27.5 Å². The molecule has 3 aromatic rings. The zero-order chi connectivity index (χ0) is 28.8. The molecule has 0 aliphatic rings. The molecule has 2 aromatic carbocycles. The Morgan fingerprint density at radius 3 is 2.31 bits per heavy atom. The first kappa shape index (κ1) is 29.2. The Bertz CT molecular complexity index is 1580. The molecule has 1 unspecified atom stereocenters. The van der Waals surface area contributed by atoms with E-state index in [2.05, 4.69) is 5.92 Å². The van der Waals surface area contributed by atoms with Gasteiger partial charge >= 0.3 is 11.9 Å². The number of aromatic amines is 1. The molecule has 1 aromatic heterocycles. The summed E-state index contributed by atoms with van der Waals surface area (Å²) in [6.07, 6.45) is -0.266. The lowest BCUT2D eigenvalue weighted by Gasteiger charge is -2.28. The number of para-hydroxylation sites is 1. The summed E-state index contributed by atoms with van der Waals surface area (Å²) in [4.78, 5) is 38.2. The number of aromatic nitrogens is 2. The normalized spacial score (nSPS) is 12.5. The van der Waals surface area contributed by atoms with Crippen LogP contribution < -0.4 is 21.5 Å². The van der Waals surface area contributed by atoms with Crippen LogP contribution in [0.4, 0.5) is 13.2 Å². The molecule has 3 rings (SSSR count). The topological polar surface area (TPSA) is 151 Å². The zero-order valence-corrected chi connectivity index (χ0v) is 20.7. The molecular formula is C24H21F3N4O7S. The van der Waals surface area contributed by atoms with Gasteiger partial charge in [-0.15, -0.1) is 6.42 Å². The van der Waals surface area contributed by atoms with Gasteiger partial charge in [-0.2, -0.15) is 17.5 Å². The first-order chi connectivity index (χ1) is 18.4. The van der Waals surface area contributed by atoms with Crippen molar-refractivity contribution in [1.29, 1.82) is 0 Å². The fourth-order valence-electron chi connectivity index (χ4n) is 3.54. The predicted octanol–water partition coefficient (Wildman–Crippen LogP) is 1.94. The van der Waals surface area contributed by atoms with Gasteiger partial charge in [-0.05, 0) is 42.8 Å². The second-order valence-corrected chi connectivity index (χ2v) is 9.77. The number of hydrogen-bond acceptors (Lipinski definition) is 7. The molecule has 0 fully saturated rings. The Morgan fingerprint density at radius 1 is 1.13 bits per heavy atom. The number of nitrogens with one attached hydrogen (secondary N) is 2. The van der Waals surface area contributed by atoms with E-state index in [1.54, 1.807) is 35.3 Å². The van der Waals surface area contributed by atoms with Crippen molar-refractivity contribution in [2.45, 2.75) is 30.1 Å². The quantitative estimate of drug-likeness (QED) is 0.193. The number of nitrogens with zero attached hydrogens (tertiary/aromatic N) is 2. The van der Waals surface area contributed by atoms with Crippen LogP contribution in [0.1, 0.15) is 12.0 Å². The smallest absolute Gasteiger partial charge is 0.423 e. The number of hydrogen-bond donors (Lipinski definition) is 3. The molecule has 0 saturated carbocycles. The minimum Gasteiger partial charge on any atom is -0.457 e. The van der Waals surface area contributed by atoms with Crippen LogP contribution >= 0.6 is 0 Å². The monoisotopic (exact) mass is 566 g/mol. The number of carbonyl (C=O) groups excluding carboxylic acids is 1. The van der Waals surface area contributed by atoms with E-state index >= 15 is 0 Å². The first-order valence-electron chi connectivity index (χ1n) is 11.0. The van der Waals surface area contributed by atoms with E-state index in [0.29, 0.717) is 10.1 Å². The molecule has 1 heterocycles. The Labute approximate surface area is 219 Å². The largest absolute Gasteiger partial charge is 0.457 e. The molecule has 39 heavy (non-hydrogen) atoms. The Morgan fingerprint density at radius 2 is 1.74 bits per heavy atom. The molecule has 0 aliphatic carbocycles. The highest BCUT2D eigenvalue weighted by Gasteiger charge is 2.37. The highest BCUT2D eigenvalue weighted by Crippen LogP contribution is 2.27. The minimum atomic E-state index is -5.08. The van der Waals surface area contributed by atoms with Gasteiger partial charge in [0.25, 0.3) is 11.5 Å². The fourth-order valence-corrected chi connectivity index (χ4v) is 5.07. The van der Waals surface area contributed by atoms with Crippen molar-refractivity contribution in [3.63, 3.8) is 0 Å². The van der Waals surface area contributed by atoms with Crippen LogP contribution in [0.3, 0.4) is 0 Å². The molecule has 0 aliphatic heterocycles. The molecule has 3 N–H and O–H groups in total. The van der Waals surface area contributed by atoms with Gasteiger partial charge in [0.1, 0.15) is 23.1 Å². The molecule has 0 spiro atoms. The summed E-state index contributed by atoms with van der Waals surface area (Å²) in [6, 6.07) is 11.8. The van der Waals surface area contributed by atoms with E-state index in [4.69, 9.17) is 11.2 Å². The van der Waals surface area contributed by atoms with E-state index in [1.165, 1.54) is 29.7 Å². The van der Waals surface area contributed by atoms with Crippen molar-refractivity contribution < 1.29 is 36.3 Å². The number of halogens is 3. The summed E-state index contributed by atoms with van der Waals surface area (Å²) in [5.74, 6) is 1.55. The maximum Gasteiger partial charge on any atom is 0.423 e. The van der Waals surface area contributed by atoms with Gasteiger partial charge in [0.2, 0.25) is 10.0 Å². The standard InChI is InChI=1S/C24H21F3N4O7S/c1-2-13-31(39(36,37)18-10-8-17(9-11-18)38-16-6-4-3-5-7-16)20(21(32)29-35)12-14-30-22(33)19(24(25,26)27)15-28-23(30)34/h1,3-11,15,20,35H,12-14H2,(H,28,34)(H,29,32). The number of benzene rings is 2. The zero-order valence-electron chi connectivity index (χ0n) is 19.9. The van der Waals surface area contributed by atoms with Crippen molar-refractivity contribution >= 4 is 15.9 Å². The number of hydroxylamine groups is 1. The molecule has 0 bridgehead atoms. The number of H-pyrrole nitrogens is 1. The van der Waals surface area contributed by atoms with E-state index in [1.807, 2.05) is 0 Å². The number of carbonyl (C=O) groups is 1. The predicted molar refractivity (Wildman–Crippen MR) is 130 cm³/mol. The van der Waals surface area contributed by atoms with E-state index in [-0.39, 0.29) is 21.4 Å². The summed E-state index contributed by atoms with van der Waals surface area (Å²) in [5.41, 5.74) is -3.32. The Kier molecular flexibility index (Phi) is 8.96. The van der Waals surface area contributed by atoms with Crippen LogP contribution in [0.2, 0.25) is 0 Å². The molecular weight excluding hydrogens is 545 g/mol. The number of alkyl halides is 3. The summed E-state index contributed by atoms with van der Waals surface area (Å²) in [5, 5.41) is 9.22. The highest BCUT2D eigenvalue weighted by molar-refractivity contribution is 7.89. The third-order valence-electron chi connectivity index (χ3n) is 5.41. The second-order valence-electron chi connectivity index (χ2n) is 7.88. The number of ether oxygens (including phenoxy) is 1. The average Bonchev–Trinajstić information content (AvgIpc) is 2.89. The van der Waals surface area contributed by atoms with Crippen molar-refractivity contribution in [3.8, 4) is 23.8 Å². The van der Waals surface area contributed by atoms with Gasteiger partial charge in [0, 0.05) is 12.7 Å². The number of amides is 1. The SMILES string of the molecule is C#CCN(C(CCn1c(=O)[nH]cc(C(F)(F)F)c1=O)C(=O)NO)S(=O)(=O)c1ccc(Oc2ccccc2)cc1. The molecule has 206 valence electrons. The van der Waals surface area contributed by atoms with Crippen molar-refractivity contribution in [2.75, 3.05) is 6.54 Å². The minimum absolute atomic E-state index is 0.164. The third kappa shape index (κ3) is 6.74. The highest BCUT2D eigenvalue weighted by atomic mass is 32.2. The summed E-state index contributed by atoms with van der Waals surface area (Å²) in [7, 11) is -4.55. The first-order valence-corrected chi connectivity index (χ1v) is 12.5.